The average molecular weight is 499 g/mol. The number of halogens is 1. The maximum Gasteiger partial charge on any atom is 0.213 e. The molecule has 28 heavy (non-hydrogen) atoms. The molecular formula is C21H34IN5O. The van der Waals surface area contributed by atoms with Gasteiger partial charge in [-0.05, 0) is 69.7 Å². The third-order valence-electron chi connectivity index (χ3n) is 5.83. The molecule has 6 nitrogen and oxygen atoms in total. The van der Waals surface area contributed by atoms with E-state index in [1.807, 2.05) is 18.3 Å². The minimum Gasteiger partial charge on any atom is -0.477 e. The smallest absolute Gasteiger partial charge is 0.213 e. The largest absolute Gasteiger partial charge is 0.477 e. The standard InChI is InChI=1S/C21H33N5O.HI/c1-2-22-21(26-12-8-19(15-26)25-10-3-4-11-25)24-14-18-7-9-23-20(13-18)27-16-17-5-6-17;/h7,9,13,17,19H,2-6,8,10-12,14-16H2,1H3,(H,22,24);1H. The summed E-state index contributed by atoms with van der Waals surface area (Å²) in [7, 11) is 0. The summed E-state index contributed by atoms with van der Waals surface area (Å²) in [6.45, 7) is 9.23. The molecule has 2 saturated heterocycles. The lowest BCUT2D eigenvalue weighted by Crippen LogP contribution is -2.42. The monoisotopic (exact) mass is 499 g/mol. The van der Waals surface area contributed by atoms with Gasteiger partial charge in [0.2, 0.25) is 5.88 Å². The first kappa shape index (κ1) is 21.6. The molecule has 4 rings (SSSR count). The molecule has 0 amide bonds. The summed E-state index contributed by atoms with van der Waals surface area (Å²) in [5.74, 6) is 2.51. The molecule has 0 aromatic carbocycles. The fourth-order valence-electron chi connectivity index (χ4n) is 4.05. The maximum atomic E-state index is 5.80. The predicted molar refractivity (Wildman–Crippen MR) is 123 cm³/mol. The van der Waals surface area contributed by atoms with E-state index in [2.05, 4.69) is 27.0 Å². The predicted octanol–water partition coefficient (Wildman–Crippen LogP) is 3.12. The van der Waals surface area contributed by atoms with Gasteiger partial charge >= 0.3 is 0 Å². The Morgan fingerprint density at radius 2 is 2.07 bits per heavy atom. The van der Waals surface area contributed by atoms with Crippen LogP contribution in [-0.4, -0.2) is 66.1 Å². The molecule has 1 aromatic rings. The SMILES string of the molecule is CCNC(=NCc1ccnc(OCC2CC2)c1)N1CCC(N2CCCC2)C1.I. The lowest BCUT2D eigenvalue weighted by Gasteiger charge is -2.25. The molecule has 0 radical (unpaired) electrons. The second kappa shape index (κ2) is 10.6. The van der Waals surface area contributed by atoms with Gasteiger partial charge < -0.3 is 15.0 Å². The minimum atomic E-state index is 0. The van der Waals surface area contributed by atoms with E-state index in [1.165, 1.54) is 45.2 Å². The second-order valence-electron chi connectivity index (χ2n) is 8.06. The number of hydrogen-bond acceptors (Lipinski definition) is 4. The van der Waals surface area contributed by atoms with Gasteiger partial charge in [0.15, 0.2) is 5.96 Å². The quantitative estimate of drug-likeness (QED) is 0.355. The van der Waals surface area contributed by atoms with Crippen LogP contribution in [0.2, 0.25) is 0 Å². The van der Waals surface area contributed by atoms with Gasteiger partial charge in [0, 0.05) is 37.9 Å². The van der Waals surface area contributed by atoms with Crippen LogP contribution in [0.3, 0.4) is 0 Å². The van der Waals surface area contributed by atoms with Crippen LogP contribution in [0.1, 0.15) is 44.6 Å². The number of aromatic nitrogens is 1. The van der Waals surface area contributed by atoms with Crippen molar-refractivity contribution >= 4 is 29.9 Å². The molecule has 0 bridgehead atoms. The van der Waals surface area contributed by atoms with Crippen molar-refractivity contribution in [3.63, 3.8) is 0 Å². The van der Waals surface area contributed by atoms with E-state index in [-0.39, 0.29) is 24.0 Å². The number of rotatable bonds is 7. The van der Waals surface area contributed by atoms with E-state index in [9.17, 15) is 0 Å². The molecule has 7 heteroatoms. The number of nitrogens with zero attached hydrogens (tertiary/aromatic N) is 4. The molecule has 1 N–H and O–H groups in total. The fourth-order valence-corrected chi connectivity index (χ4v) is 4.05. The van der Waals surface area contributed by atoms with Crippen molar-refractivity contribution in [1.29, 1.82) is 0 Å². The zero-order chi connectivity index (χ0) is 18.5. The summed E-state index contributed by atoms with van der Waals surface area (Å²) in [6, 6.07) is 4.76. The Morgan fingerprint density at radius 1 is 1.25 bits per heavy atom. The fraction of sp³-hybridized carbons (Fsp3) is 0.714. The van der Waals surface area contributed by atoms with Crippen LogP contribution in [-0.2, 0) is 6.54 Å². The van der Waals surface area contributed by atoms with E-state index < -0.39 is 0 Å². The first-order valence-corrected chi connectivity index (χ1v) is 10.7. The number of hydrogen-bond donors (Lipinski definition) is 1. The third kappa shape index (κ3) is 5.95. The number of guanidine groups is 1. The summed E-state index contributed by atoms with van der Waals surface area (Å²) in [6.07, 6.45) is 8.39. The van der Waals surface area contributed by atoms with Crippen LogP contribution in [0.25, 0.3) is 0 Å². The highest BCUT2D eigenvalue weighted by atomic mass is 127. The number of aliphatic imine (C=N–C) groups is 1. The van der Waals surface area contributed by atoms with E-state index in [0.717, 1.165) is 49.6 Å². The zero-order valence-electron chi connectivity index (χ0n) is 17.0. The Bertz CT molecular complexity index is 645. The lowest BCUT2D eigenvalue weighted by atomic mass is 10.2. The van der Waals surface area contributed by atoms with Crippen molar-refractivity contribution in [3.8, 4) is 5.88 Å². The van der Waals surface area contributed by atoms with Gasteiger partial charge in [0.25, 0.3) is 0 Å². The van der Waals surface area contributed by atoms with Gasteiger partial charge in [-0.1, -0.05) is 0 Å². The molecule has 1 saturated carbocycles. The Balaban J connectivity index is 0.00000225. The number of nitrogens with one attached hydrogen (secondary N) is 1. The van der Waals surface area contributed by atoms with E-state index >= 15 is 0 Å². The van der Waals surface area contributed by atoms with Crippen molar-refractivity contribution < 1.29 is 4.74 Å². The van der Waals surface area contributed by atoms with Gasteiger partial charge in [0.05, 0.1) is 13.2 Å². The molecule has 2 aliphatic heterocycles. The maximum absolute atomic E-state index is 5.80. The summed E-state index contributed by atoms with van der Waals surface area (Å²) in [5, 5.41) is 3.48. The van der Waals surface area contributed by atoms with Crippen molar-refractivity contribution in [2.75, 3.05) is 39.3 Å². The van der Waals surface area contributed by atoms with Gasteiger partial charge in [-0.2, -0.15) is 0 Å². The van der Waals surface area contributed by atoms with E-state index in [0.29, 0.717) is 12.6 Å². The highest BCUT2D eigenvalue weighted by molar-refractivity contribution is 14.0. The summed E-state index contributed by atoms with van der Waals surface area (Å²) < 4.78 is 5.80. The van der Waals surface area contributed by atoms with Crippen LogP contribution in [0.4, 0.5) is 0 Å². The molecule has 3 heterocycles. The van der Waals surface area contributed by atoms with Gasteiger partial charge in [-0.15, -0.1) is 24.0 Å². The molecule has 0 spiro atoms. The van der Waals surface area contributed by atoms with Gasteiger partial charge in [-0.25, -0.2) is 9.98 Å². The van der Waals surface area contributed by atoms with Crippen molar-refractivity contribution in [1.82, 2.24) is 20.1 Å². The summed E-state index contributed by atoms with van der Waals surface area (Å²) >= 11 is 0. The highest BCUT2D eigenvalue weighted by Gasteiger charge is 2.30. The number of ether oxygens (including phenoxy) is 1. The summed E-state index contributed by atoms with van der Waals surface area (Å²) in [4.78, 5) is 14.3. The number of likely N-dealkylation sites (tertiary alicyclic amines) is 2. The zero-order valence-corrected chi connectivity index (χ0v) is 19.3. The lowest BCUT2D eigenvalue weighted by molar-refractivity contribution is 0.249. The van der Waals surface area contributed by atoms with Crippen LogP contribution in [0, 0.1) is 5.92 Å². The first-order valence-electron chi connectivity index (χ1n) is 10.7. The topological polar surface area (TPSA) is 53.0 Å². The first-order chi connectivity index (χ1) is 13.3. The molecule has 3 fully saturated rings. The molecule has 3 aliphatic rings. The van der Waals surface area contributed by atoms with Crippen LogP contribution < -0.4 is 10.1 Å². The van der Waals surface area contributed by atoms with Crippen molar-refractivity contribution in [2.45, 2.75) is 51.6 Å². The average Bonchev–Trinajstić information content (AvgIpc) is 3.15. The van der Waals surface area contributed by atoms with Crippen LogP contribution in [0.5, 0.6) is 5.88 Å². The van der Waals surface area contributed by atoms with Crippen molar-refractivity contribution in [3.05, 3.63) is 23.9 Å². The molecule has 1 unspecified atom stereocenters. The van der Waals surface area contributed by atoms with Gasteiger partial charge in [0.1, 0.15) is 0 Å². The molecule has 156 valence electrons. The summed E-state index contributed by atoms with van der Waals surface area (Å²) in [5.41, 5.74) is 1.15. The third-order valence-corrected chi connectivity index (χ3v) is 5.83. The van der Waals surface area contributed by atoms with Crippen molar-refractivity contribution in [2.24, 2.45) is 10.9 Å². The van der Waals surface area contributed by atoms with Gasteiger partial charge in [-0.3, -0.25) is 4.90 Å². The van der Waals surface area contributed by atoms with Crippen LogP contribution in [0.15, 0.2) is 23.3 Å². The molecular weight excluding hydrogens is 465 g/mol. The number of pyridine rings is 1. The minimum absolute atomic E-state index is 0. The Kier molecular flexibility index (Phi) is 8.20. The Labute approximate surface area is 186 Å². The highest BCUT2D eigenvalue weighted by Crippen LogP contribution is 2.29. The molecule has 1 atom stereocenters. The van der Waals surface area contributed by atoms with E-state index in [4.69, 9.17) is 9.73 Å². The molecule has 1 aliphatic carbocycles. The molecule has 1 aromatic heterocycles. The second-order valence-corrected chi connectivity index (χ2v) is 8.06. The Hall–Kier alpha value is -1.09. The Morgan fingerprint density at radius 3 is 2.82 bits per heavy atom. The normalized spacial score (nSPS) is 23.0. The van der Waals surface area contributed by atoms with E-state index in [1.54, 1.807) is 0 Å². The van der Waals surface area contributed by atoms with Crippen LogP contribution >= 0.6 is 24.0 Å².